The molecule has 0 fully saturated rings. The zero-order chi connectivity index (χ0) is 15.4. The highest BCUT2D eigenvalue weighted by Gasteiger charge is 2.15. The molecule has 0 aromatic heterocycles. The molecule has 1 N–H and O–H groups in total. The third kappa shape index (κ3) is 3.82. The van der Waals surface area contributed by atoms with Crippen LogP contribution in [0.25, 0.3) is 0 Å². The van der Waals surface area contributed by atoms with E-state index >= 15 is 0 Å². The van der Waals surface area contributed by atoms with Crippen molar-refractivity contribution in [2.24, 2.45) is 0 Å². The number of benzene rings is 2. The summed E-state index contributed by atoms with van der Waals surface area (Å²) in [6, 6.07) is 11.2. The van der Waals surface area contributed by atoms with Crippen LogP contribution in [0.5, 0.6) is 11.5 Å². The van der Waals surface area contributed by atoms with Crippen molar-refractivity contribution in [2.45, 2.75) is 6.04 Å². The average molecular weight is 326 g/mol. The first-order valence-electron chi connectivity index (χ1n) is 6.43. The van der Waals surface area contributed by atoms with Gasteiger partial charge in [-0.2, -0.15) is 0 Å². The van der Waals surface area contributed by atoms with E-state index in [2.05, 4.69) is 5.32 Å². The Balaban J connectivity index is 2.49. The molecule has 0 aliphatic rings. The molecule has 0 amide bonds. The van der Waals surface area contributed by atoms with Crippen LogP contribution in [0.2, 0.25) is 10.0 Å². The lowest BCUT2D eigenvalue weighted by Crippen LogP contribution is -2.17. The normalized spacial score (nSPS) is 12.0. The van der Waals surface area contributed by atoms with Crippen LogP contribution in [-0.2, 0) is 0 Å². The molecule has 0 heterocycles. The lowest BCUT2D eigenvalue weighted by atomic mass is 9.98. The summed E-state index contributed by atoms with van der Waals surface area (Å²) in [6.45, 7) is 0. The van der Waals surface area contributed by atoms with Crippen LogP contribution >= 0.6 is 23.2 Å². The molecule has 3 nitrogen and oxygen atoms in total. The Labute approximate surface area is 134 Å². The van der Waals surface area contributed by atoms with Crippen molar-refractivity contribution in [3.63, 3.8) is 0 Å². The van der Waals surface area contributed by atoms with Gasteiger partial charge in [-0.05, 0) is 48.5 Å². The molecule has 1 atom stereocenters. The lowest BCUT2D eigenvalue weighted by molar-refractivity contribution is 0.392. The van der Waals surface area contributed by atoms with Crippen molar-refractivity contribution in [1.29, 1.82) is 0 Å². The van der Waals surface area contributed by atoms with Gasteiger partial charge in [0.2, 0.25) is 0 Å². The molecule has 2 rings (SSSR count). The smallest absolute Gasteiger partial charge is 0.122 e. The van der Waals surface area contributed by atoms with Gasteiger partial charge in [-0.15, -0.1) is 0 Å². The Kier molecular flexibility index (Phi) is 5.34. The minimum Gasteiger partial charge on any atom is -0.497 e. The Morgan fingerprint density at radius 1 is 0.810 bits per heavy atom. The summed E-state index contributed by atoms with van der Waals surface area (Å²) in [6.07, 6.45) is 0. The highest BCUT2D eigenvalue weighted by molar-refractivity contribution is 6.34. The first kappa shape index (κ1) is 16.0. The van der Waals surface area contributed by atoms with Gasteiger partial charge in [-0.1, -0.05) is 23.2 Å². The standard InChI is InChI=1S/C16H17Cl2NO2/c1-19-16(10-4-12(17)8-13(18)5-10)11-6-14(20-2)9-15(7-11)21-3/h4-9,16,19H,1-3H3. The predicted octanol–water partition coefficient (Wildman–Crippen LogP) is 4.32. The molecule has 5 heteroatoms. The predicted molar refractivity (Wildman–Crippen MR) is 86.9 cm³/mol. The van der Waals surface area contributed by atoms with Crippen molar-refractivity contribution in [1.82, 2.24) is 5.32 Å². The number of rotatable bonds is 5. The van der Waals surface area contributed by atoms with Crippen molar-refractivity contribution < 1.29 is 9.47 Å². The number of hydrogen-bond acceptors (Lipinski definition) is 3. The van der Waals surface area contributed by atoms with Gasteiger partial charge in [-0.25, -0.2) is 0 Å². The molecule has 0 bridgehead atoms. The fourth-order valence-corrected chi connectivity index (χ4v) is 2.81. The van der Waals surface area contributed by atoms with Crippen LogP contribution in [0, 0.1) is 0 Å². The maximum Gasteiger partial charge on any atom is 0.122 e. The summed E-state index contributed by atoms with van der Waals surface area (Å²) in [5.41, 5.74) is 1.98. The van der Waals surface area contributed by atoms with Crippen LogP contribution in [-0.4, -0.2) is 21.3 Å². The summed E-state index contributed by atoms with van der Waals surface area (Å²) < 4.78 is 10.6. The van der Waals surface area contributed by atoms with Crippen molar-refractivity contribution >= 4 is 23.2 Å². The van der Waals surface area contributed by atoms with E-state index in [4.69, 9.17) is 32.7 Å². The van der Waals surface area contributed by atoms with Gasteiger partial charge in [0, 0.05) is 16.1 Å². The van der Waals surface area contributed by atoms with Crippen LogP contribution < -0.4 is 14.8 Å². The number of methoxy groups -OCH3 is 2. The van der Waals surface area contributed by atoms with E-state index in [1.165, 1.54) is 0 Å². The van der Waals surface area contributed by atoms with E-state index in [1.807, 2.05) is 37.4 Å². The molecule has 2 aromatic rings. The molecule has 1 unspecified atom stereocenters. The fraction of sp³-hybridized carbons (Fsp3) is 0.250. The molecule has 2 aromatic carbocycles. The molecular formula is C16H17Cl2NO2. The van der Waals surface area contributed by atoms with E-state index < -0.39 is 0 Å². The number of hydrogen-bond donors (Lipinski definition) is 1. The highest BCUT2D eigenvalue weighted by Crippen LogP contribution is 2.32. The molecular weight excluding hydrogens is 309 g/mol. The van der Waals surface area contributed by atoms with Gasteiger partial charge in [-0.3, -0.25) is 0 Å². The second-order valence-corrected chi connectivity index (χ2v) is 5.44. The zero-order valence-electron chi connectivity index (χ0n) is 12.1. The monoisotopic (exact) mass is 325 g/mol. The third-order valence-electron chi connectivity index (χ3n) is 3.21. The third-order valence-corrected chi connectivity index (χ3v) is 3.65. The van der Waals surface area contributed by atoms with E-state index in [1.54, 1.807) is 20.3 Å². The second-order valence-electron chi connectivity index (χ2n) is 4.57. The Bertz CT molecular complexity index is 589. The van der Waals surface area contributed by atoms with E-state index in [-0.39, 0.29) is 6.04 Å². The topological polar surface area (TPSA) is 30.5 Å². The molecule has 21 heavy (non-hydrogen) atoms. The second kappa shape index (κ2) is 7.03. The summed E-state index contributed by atoms with van der Waals surface area (Å²) in [7, 11) is 5.14. The van der Waals surface area contributed by atoms with E-state index in [0.29, 0.717) is 10.0 Å². The van der Waals surface area contributed by atoms with Crippen LogP contribution in [0.4, 0.5) is 0 Å². The van der Waals surface area contributed by atoms with Crippen LogP contribution in [0.15, 0.2) is 36.4 Å². The molecule has 0 radical (unpaired) electrons. The van der Waals surface area contributed by atoms with Crippen molar-refractivity contribution in [2.75, 3.05) is 21.3 Å². The summed E-state index contributed by atoms with van der Waals surface area (Å²) in [5, 5.41) is 4.47. The maximum absolute atomic E-state index is 6.09. The van der Waals surface area contributed by atoms with Crippen molar-refractivity contribution in [3.8, 4) is 11.5 Å². The number of nitrogens with one attached hydrogen (secondary N) is 1. The molecule has 0 spiro atoms. The molecule has 0 aliphatic heterocycles. The van der Waals surface area contributed by atoms with Gasteiger partial charge in [0.1, 0.15) is 11.5 Å². The van der Waals surface area contributed by atoms with Gasteiger partial charge in [0.05, 0.1) is 20.3 Å². The summed E-state index contributed by atoms with van der Waals surface area (Å²) >= 11 is 12.2. The van der Waals surface area contributed by atoms with Gasteiger partial charge in [0.15, 0.2) is 0 Å². The molecule has 112 valence electrons. The van der Waals surface area contributed by atoms with Crippen LogP contribution in [0.3, 0.4) is 0 Å². The van der Waals surface area contributed by atoms with Gasteiger partial charge < -0.3 is 14.8 Å². The Hall–Kier alpha value is -1.42. The number of halogens is 2. The first-order chi connectivity index (χ1) is 10.1. The van der Waals surface area contributed by atoms with Crippen molar-refractivity contribution in [3.05, 3.63) is 57.6 Å². The highest BCUT2D eigenvalue weighted by atomic mass is 35.5. The quantitative estimate of drug-likeness (QED) is 0.888. The minimum atomic E-state index is -0.0646. The fourth-order valence-electron chi connectivity index (χ4n) is 2.26. The maximum atomic E-state index is 6.09. The van der Waals surface area contributed by atoms with Gasteiger partial charge in [0.25, 0.3) is 0 Å². The largest absolute Gasteiger partial charge is 0.497 e. The lowest BCUT2D eigenvalue weighted by Gasteiger charge is -2.19. The Morgan fingerprint density at radius 3 is 1.71 bits per heavy atom. The molecule has 0 saturated carbocycles. The SMILES string of the molecule is CNC(c1cc(Cl)cc(Cl)c1)c1cc(OC)cc(OC)c1. The van der Waals surface area contributed by atoms with Crippen LogP contribution in [0.1, 0.15) is 17.2 Å². The average Bonchev–Trinajstić information content (AvgIpc) is 2.46. The van der Waals surface area contributed by atoms with E-state index in [0.717, 1.165) is 22.6 Å². The molecule has 0 saturated heterocycles. The molecule has 0 aliphatic carbocycles. The van der Waals surface area contributed by atoms with Gasteiger partial charge >= 0.3 is 0 Å². The first-order valence-corrected chi connectivity index (χ1v) is 7.19. The number of ether oxygens (including phenoxy) is 2. The summed E-state index contributed by atoms with van der Waals surface area (Å²) in [4.78, 5) is 0. The van der Waals surface area contributed by atoms with E-state index in [9.17, 15) is 0 Å². The summed E-state index contributed by atoms with van der Waals surface area (Å²) in [5.74, 6) is 1.47. The Morgan fingerprint density at radius 2 is 1.29 bits per heavy atom. The minimum absolute atomic E-state index is 0.0646. The zero-order valence-corrected chi connectivity index (χ0v) is 13.6.